The molecule has 20 heavy (non-hydrogen) atoms. The summed E-state index contributed by atoms with van der Waals surface area (Å²) < 4.78 is 26.4. The van der Waals surface area contributed by atoms with Gasteiger partial charge < -0.3 is 5.32 Å². The molecule has 6 heteroatoms. The van der Waals surface area contributed by atoms with Crippen molar-refractivity contribution in [1.82, 2.24) is 10.0 Å². The minimum atomic E-state index is -3.13. The lowest BCUT2D eigenvalue weighted by atomic mass is 10.3. The summed E-state index contributed by atoms with van der Waals surface area (Å²) in [4.78, 5) is 2.38. The Balaban J connectivity index is 1.62. The van der Waals surface area contributed by atoms with Crippen LogP contribution in [0.5, 0.6) is 0 Å². The Morgan fingerprint density at radius 2 is 2.00 bits per heavy atom. The molecule has 0 aliphatic heterocycles. The van der Waals surface area contributed by atoms with Crippen molar-refractivity contribution in [1.29, 1.82) is 0 Å². The zero-order chi connectivity index (χ0) is 14.4. The van der Waals surface area contributed by atoms with Gasteiger partial charge in [0, 0.05) is 22.3 Å². The molecule has 0 spiro atoms. The number of hydrogen-bond acceptors (Lipinski definition) is 4. The summed E-state index contributed by atoms with van der Waals surface area (Å²) in [5, 5.41) is 3.40. The SMILES string of the molecule is CCc1ccc(CNS(=O)(=O)CCCCNC2CC2)s1. The quantitative estimate of drug-likeness (QED) is 0.651. The Hall–Kier alpha value is -0.430. The first-order valence-corrected chi connectivity index (χ1v) is 9.84. The molecule has 2 rings (SSSR count). The van der Waals surface area contributed by atoms with Crippen molar-refractivity contribution in [2.45, 2.75) is 51.6 Å². The zero-order valence-electron chi connectivity index (χ0n) is 12.0. The predicted octanol–water partition coefficient (Wildman–Crippen LogP) is 2.26. The molecule has 0 aromatic carbocycles. The lowest BCUT2D eigenvalue weighted by Gasteiger charge is -2.06. The summed E-state index contributed by atoms with van der Waals surface area (Å²) in [6.45, 7) is 3.47. The first-order chi connectivity index (χ1) is 9.59. The van der Waals surface area contributed by atoms with Gasteiger partial charge >= 0.3 is 0 Å². The second-order valence-electron chi connectivity index (χ2n) is 5.30. The summed E-state index contributed by atoms with van der Waals surface area (Å²) in [5.74, 6) is 0.228. The summed E-state index contributed by atoms with van der Waals surface area (Å²) >= 11 is 1.68. The highest BCUT2D eigenvalue weighted by atomic mass is 32.2. The van der Waals surface area contributed by atoms with Gasteiger partial charge in [0.15, 0.2) is 0 Å². The van der Waals surface area contributed by atoms with Crippen molar-refractivity contribution >= 4 is 21.4 Å². The molecule has 1 saturated carbocycles. The fourth-order valence-electron chi connectivity index (χ4n) is 1.97. The smallest absolute Gasteiger partial charge is 0.211 e. The number of aryl methyl sites for hydroxylation is 1. The predicted molar refractivity (Wildman–Crippen MR) is 84.6 cm³/mol. The molecule has 0 amide bonds. The van der Waals surface area contributed by atoms with Crippen LogP contribution in [0.4, 0.5) is 0 Å². The molecule has 2 N–H and O–H groups in total. The second-order valence-corrected chi connectivity index (χ2v) is 8.48. The van der Waals surface area contributed by atoms with E-state index < -0.39 is 10.0 Å². The van der Waals surface area contributed by atoms with Gasteiger partial charge in [0.1, 0.15) is 0 Å². The number of nitrogens with one attached hydrogen (secondary N) is 2. The number of thiophene rings is 1. The Morgan fingerprint density at radius 3 is 2.65 bits per heavy atom. The molecule has 0 saturated heterocycles. The van der Waals surface area contributed by atoms with Crippen LogP contribution < -0.4 is 10.0 Å². The monoisotopic (exact) mass is 316 g/mol. The molecule has 1 aliphatic carbocycles. The maximum atomic E-state index is 11.9. The molecule has 1 aromatic rings. The minimum Gasteiger partial charge on any atom is -0.314 e. The summed E-state index contributed by atoms with van der Waals surface area (Å²) in [5.41, 5.74) is 0. The molecular weight excluding hydrogens is 292 g/mol. The zero-order valence-corrected chi connectivity index (χ0v) is 13.7. The van der Waals surface area contributed by atoms with E-state index in [0.717, 1.165) is 30.7 Å². The molecule has 0 unspecified atom stereocenters. The van der Waals surface area contributed by atoms with Crippen LogP contribution in [0.1, 0.15) is 42.4 Å². The Labute approximate surface area is 126 Å². The van der Waals surface area contributed by atoms with Crippen molar-refractivity contribution < 1.29 is 8.42 Å². The molecule has 0 atom stereocenters. The van der Waals surface area contributed by atoms with Crippen molar-refractivity contribution in [3.05, 3.63) is 21.9 Å². The Bertz CT molecular complexity index is 507. The van der Waals surface area contributed by atoms with E-state index in [9.17, 15) is 8.42 Å². The van der Waals surface area contributed by atoms with Crippen molar-refractivity contribution in [2.75, 3.05) is 12.3 Å². The topological polar surface area (TPSA) is 58.2 Å². The number of rotatable bonds is 10. The van der Waals surface area contributed by atoms with Crippen LogP contribution in [0.25, 0.3) is 0 Å². The maximum Gasteiger partial charge on any atom is 0.211 e. The molecule has 1 heterocycles. The third-order valence-electron chi connectivity index (χ3n) is 3.38. The van der Waals surface area contributed by atoms with Crippen molar-refractivity contribution in [2.24, 2.45) is 0 Å². The van der Waals surface area contributed by atoms with Gasteiger partial charge in [-0.3, -0.25) is 0 Å². The number of hydrogen-bond donors (Lipinski definition) is 2. The molecule has 0 bridgehead atoms. The first-order valence-electron chi connectivity index (χ1n) is 7.37. The average molecular weight is 316 g/mol. The second kappa shape index (κ2) is 7.54. The normalized spacial score (nSPS) is 15.7. The Kier molecular flexibility index (Phi) is 6.01. The molecule has 1 fully saturated rings. The van der Waals surface area contributed by atoms with Gasteiger partial charge in [-0.1, -0.05) is 6.92 Å². The average Bonchev–Trinajstić information content (AvgIpc) is 3.12. The van der Waals surface area contributed by atoms with Gasteiger partial charge in [0.25, 0.3) is 0 Å². The molecule has 1 aliphatic rings. The Morgan fingerprint density at radius 1 is 1.25 bits per heavy atom. The fraction of sp³-hybridized carbons (Fsp3) is 0.714. The van der Waals surface area contributed by atoms with E-state index in [0.29, 0.717) is 12.6 Å². The third-order valence-corrected chi connectivity index (χ3v) is 6.02. The lowest BCUT2D eigenvalue weighted by Crippen LogP contribution is -2.26. The van der Waals surface area contributed by atoms with Gasteiger partial charge in [-0.05, 0) is 50.8 Å². The summed E-state index contributed by atoms with van der Waals surface area (Å²) in [6.07, 6.45) is 5.21. The van der Waals surface area contributed by atoms with E-state index in [1.807, 2.05) is 6.07 Å². The van der Waals surface area contributed by atoms with Crippen LogP contribution in [0.3, 0.4) is 0 Å². The molecular formula is C14H24N2O2S2. The number of unbranched alkanes of at least 4 members (excludes halogenated alkanes) is 1. The molecule has 114 valence electrons. The van der Waals surface area contributed by atoms with Gasteiger partial charge in [-0.15, -0.1) is 11.3 Å². The highest BCUT2D eigenvalue weighted by Crippen LogP contribution is 2.18. The minimum absolute atomic E-state index is 0.228. The van der Waals surface area contributed by atoms with Crippen molar-refractivity contribution in [3.8, 4) is 0 Å². The van der Waals surface area contributed by atoms with Crippen LogP contribution >= 0.6 is 11.3 Å². The maximum absolute atomic E-state index is 11.9. The summed E-state index contributed by atoms with van der Waals surface area (Å²) in [6, 6.07) is 4.78. The standard InChI is InChI=1S/C14H24N2O2S2/c1-2-13-7-8-14(19-13)11-16-20(17,18)10-4-3-9-15-12-5-6-12/h7-8,12,15-16H,2-6,9-11H2,1H3. The van der Waals surface area contributed by atoms with Gasteiger partial charge in [-0.25, -0.2) is 13.1 Å². The van der Waals surface area contributed by atoms with Crippen LogP contribution in [-0.4, -0.2) is 26.8 Å². The van der Waals surface area contributed by atoms with Crippen LogP contribution in [0, 0.1) is 0 Å². The van der Waals surface area contributed by atoms with Gasteiger partial charge in [0.05, 0.1) is 5.75 Å². The highest BCUT2D eigenvalue weighted by molar-refractivity contribution is 7.89. The third kappa shape index (κ3) is 5.91. The van der Waals surface area contributed by atoms with E-state index in [1.54, 1.807) is 11.3 Å². The van der Waals surface area contributed by atoms with Crippen LogP contribution in [0.15, 0.2) is 12.1 Å². The highest BCUT2D eigenvalue weighted by Gasteiger charge is 2.19. The van der Waals surface area contributed by atoms with E-state index >= 15 is 0 Å². The number of sulfonamides is 1. The summed E-state index contributed by atoms with van der Waals surface area (Å²) in [7, 11) is -3.13. The van der Waals surface area contributed by atoms with Crippen LogP contribution in [0.2, 0.25) is 0 Å². The fourth-order valence-corrected chi connectivity index (χ4v) is 4.06. The van der Waals surface area contributed by atoms with E-state index in [1.165, 1.54) is 17.7 Å². The lowest BCUT2D eigenvalue weighted by molar-refractivity contribution is 0.573. The van der Waals surface area contributed by atoms with Gasteiger partial charge in [0.2, 0.25) is 10.0 Å². The largest absolute Gasteiger partial charge is 0.314 e. The van der Waals surface area contributed by atoms with E-state index in [4.69, 9.17) is 0 Å². The first kappa shape index (κ1) is 15.9. The molecule has 4 nitrogen and oxygen atoms in total. The van der Waals surface area contributed by atoms with E-state index in [2.05, 4.69) is 23.0 Å². The van der Waals surface area contributed by atoms with E-state index in [-0.39, 0.29) is 5.75 Å². The van der Waals surface area contributed by atoms with Crippen LogP contribution in [-0.2, 0) is 23.0 Å². The van der Waals surface area contributed by atoms with Crippen molar-refractivity contribution in [3.63, 3.8) is 0 Å². The molecule has 1 aromatic heterocycles. The van der Waals surface area contributed by atoms with Gasteiger partial charge in [-0.2, -0.15) is 0 Å². The molecule has 0 radical (unpaired) electrons.